The Morgan fingerprint density at radius 3 is 2.69 bits per heavy atom. The van der Waals surface area contributed by atoms with E-state index in [2.05, 4.69) is 15.6 Å². The lowest BCUT2D eigenvalue weighted by Gasteiger charge is -2.30. The summed E-state index contributed by atoms with van der Waals surface area (Å²) >= 11 is 0. The molecule has 7 nitrogen and oxygen atoms in total. The molecular formula is C18H21FN4O3. The second kappa shape index (κ2) is 5.34. The van der Waals surface area contributed by atoms with E-state index in [1.807, 2.05) is 20.8 Å². The maximum absolute atomic E-state index is 14.9. The Hall–Kier alpha value is -2.32. The van der Waals surface area contributed by atoms with Gasteiger partial charge in [0.2, 0.25) is 5.43 Å². The average molecular weight is 360 g/mol. The summed E-state index contributed by atoms with van der Waals surface area (Å²) in [4.78, 5) is 28.6. The Labute approximate surface area is 149 Å². The van der Waals surface area contributed by atoms with Gasteiger partial charge in [-0.1, -0.05) is 0 Å². The van der Waals surface area contributed by atoms with Crippen molar-refractivity contribution in [1.82, 2.24) is 20.2 Å². The smallest absolute Gasteiger partial charge is 0.341 e. The van der Waals surface area contributed by atoms with Crippen molar-refractivity contribution < 1.29 is 14.3 Å². The number of halogens is 1. The highest BCUT2D eigenvalue weighted by atomic mass is 19.1. The number of nitrogens with one attached hydrogen (secondary N) is 2. The zero-order valence-electron chi connectivity index (χ0n) is 14.9. The molecule has 0 amide bonds. The number of pyridine rings is 2. The van der Waals surface area contributed by atoms with Gasteiger partial charge in [-0.15, -0.1) is 0 Å². The van der Waals surface area contributed by atoms with E-state index in [-0.39, 0.29) is 22.7 Å². The quantitative estimate of drug-likeness (QED) is 0.744. The summed E-state index contributed by atoms with van der Waals surface area (Å²) in [7, 11) is 0. The van der Waals surface area contributed by atoms with Crippen LogP contribution in [0, 0.1) is 5.82 Å². The Balaban J connectivity index is 2.05. The molecule has 2 atom stereocenters. The number of carbonyl (C=O) groups is 1. The first kappa shape index (κ1) is 17.1. The first-order valence-corrected chi connectivity index (χ1v) is 8.61. The topological polar surface area (TPSA) is 96.2 Å². The molecule has 2 aromatic rings. The van der Waals surface area contributed by atoms with Crippen LogP contribution in [0.15, 0.2) is 17.1 Å². The summed E-state index contributed by atoms with van der Waals surface area (Å²) in [6, 6.07) is 1.42. The summed E-state index contributed by atoms with van der Waals surface area (Å²) in [5, 5.41) is 16.0. The minimum absolute atomic E-state index is 0.0158. The molecule has 0 aliphatic carbocycles. The molecule has 2 saturated heterocycles. The fourth-order valence-electron chi connectivity index (χ4n) is 3.97. The second-order valence-corrected chi connectivity index (χ2v) is 8.15. The lowest BCUT2D eigenvalue weighted by atomic mass is 9.94. The highest BCUT2D eigenvalue weighted by Gasteiger charge is 2.48. The normalized spacial score (nSPS) is 25.2. The number of aromatic nitrogens is 2. The van der Waals surface area contributed by atoms with Crippen molar-refractivity contribution in [2.45, 2.75) is 44.3 Å². The van der Waals surface area contributed by atoms with Gasteiger partial charge in [0.15, 0.2) is 0 Å². The van der Waals surface area contributed by atoms with Crippen LogP contribution < -0.4 is 16.1 Å². The summed E-state index contributed by atoms with van der Waals surface area (Å²) in [6.45, 7) is 6.95. The zero-order valence-corrected chi connectivity index (χ0v) is 14.9. The number of aromatic carboxylic acids is 1. The molecular weight excluding hydrogens is 339 g/mol. The monoisotopic (exact) mass is 360 g/mol. The Morgan fingerprint density at radius 1 is 1.46 bits per heavy atom. The van der Waals surface area contributed by atoms with Gasteiger partial charge in [0.05, 0.1) is 16.6 Å². The molecule has 0 aromatic carbocycles. The molecule has 2 fully saturated rings. The second-order valence-electron chi connectivity index (χ2n) is 8.15. The third kappa shape index (κ3) is 2.36. The van der Waals surface area contributed by atoms with Gasteiger partial charge in [-0.25, -0.2) is 14.2 Å². The molecule has 3 N–H and O–H groups in total. The first-order chi connectivity index (χ1) is 12.1. The van der Waals surface area contributed by atoms with E-state index >= 15 is 0 Å². The highest BCUT2D eigenvalue weighted by Crippen LogP contribution is 2.36. The molecule has 26 heavy (non-hydrogen) atoms. The number of fused-ring (bicyclic) bond motifs is 3. The first-order valence-electron chi connectivity index (χ1n) is 8.61. The van der Waals surface area contributed by atoms with E-state index in [1.54, 1.807) is 4.57 Å². The van der Waals surface area contributed by atoms with Gasteiger partial charge >= 0.3 is 5.97 Å². The van der Waals surface area contributed by atoms with Gasteiger partial charge in [0.25, 0.3) is 0 Å². The van der Waals surface area contributed by atoms with Crippen LogP contribution >= 0.6 is 0 Å². The van der Waals surface area contributed by atoms with Crippen LogP contribution in [0.25, 0.3) is 11.0 Å². The van der Waals surface area contributed by atoms with Gasteiger partial charge in [0.1, 0.15) is 17.0 Å². The Bertz CT molecular complexity index is 985. The lowest BCUT2D eigenvalue weighted by Crippen LogP contribution is -2.48. The molecule has 2 unspecified atom stereocenters. The summed E-state index contributed by atoms with van der Waals surface area (Å²) in [5.74, 6) is -1.92. The van der Waals surface area contributed by atoms with Gasteiger partial charge in [-0.05, 0) is 33.3 Å². The number of rotatable bonds is 2. The van der Waals surface area contributed by atoms with Gasteiger partial charge in [0, 0.05) is 30.9 Å². The van der Waals surface area contributed by atoms with Crippen molar-refractivity contribution in [3.05, 3.63) is 39.6 Å². The molecule has 2 aromatic heterocycles. The SMILES string of the molecule is CC(C)(C)n1cc(C(=O)O)c(=O)c2cc(F)c(C34CNC(CN3)C4)nc21. The molecule has 2 aliphatic rings. The van der Waals surface area contributed by atoms with Crippen LogP contribution in [-0.4, -0.2) is 39.8 Å². The number of carboxylic acids is 1. The summed E-state index contributed by atoms with van der Waals surface area (Å²) in [5.41, 5.74) is -1.65. The largest absolute Gasteiger partial charge is 0.477 e. The molecule has 4 rings (SSSR count). The minimum atomic E-state index is -1.33. The van der Waals surface area contributed by atoms with Gasteiger partial charge in [-0.2, -0.15) is 0 Å². The van der Waals surface area contributed by atoms with Crippen molar-refractivity contribution in [2.24, 2.45) is 0 Å². The van der Waals surface area contributed by atoms with E-state index < -0.39 is 28.3 Å². The molecule has 138 valence electrons. The van der Waals surface area contributed by atoms with Crippen molar-refractivity contribution >= 4 is 17.0 Å². The fraction of sp³-hybridized carbons (Fsp3) is 0.500. The van der Waals surface area contributed by atoms with Crippen molar-refractivity contribution in [3.8, 4) is 0 Å². The molecule has 4 heterocycles. The third-order valence-corrected chi connectivity index (χ3v) is 5.31. The molecule has 2 aliphatic heterocycles. The van der Waals surface area contributed by atoms with Gasteiger partial charge < -0.3 is 20.3 Å². The lowest BCUT2D eigenvalue weighted by molar-refractivity contribution is 0.0694. The molecule has 0 saturated carbocycles. The maximum atomic E-state index is 14.9. The Morgan fingerprint density at radius 2 is 2.19 bits per heavy atom. The van der Waals surface area contributed by atoms with E-state index in [0.29, 0.717) is 12.2 Å². The minimum Gasteiger partial charge on any atom is -0.477 e. The highest BCUT2D eigenvalue weighted by molar-refractivity contribution is 5.91. The predicted octanol–water partition coefficient (Wildman–Crippen LogP) is 1.15. The van der Waals surface area contributed by atoms with Crippen molar-refractivity contribution in [1.29, 1.82) is 0 Å². The van der Waals surface area contributed by atoms with Crippen LogP contribution in [0.2, 0.25) is 0 Å². The van der Waals surface area contributed by atoms with E-state index in [9.17, 15) is 19.1 Å². The standard InChI is InChI=1S/C18H21FN4O3/c1-17(2,3)23-7-11(16(25)26)13(24)10-4-12(19)14(22-15(10)23)18-5-9(6-21-18)20-8-18/h4,7,9,20-21H,5-6,8H2,1-3H3,(H,25,26). The van der Waals surface area contributed by atoms with Crippen molar-refractivity contribution in [2.75, 3.05) is 13.1 Å². The van der Waals surface area contributed by atoms with E-state index in [0.717, 1.165) is 19.0 Å². The molecule has 2 bridgehead atoms. The number of piperazine rings is 1. The maximum Gasteiger partial charge on any atom is 0.341 e. The molecule has 8 heteroatoms. The number of hydrogen-bond donors (Lipinski definition) is 3. The fourth-order valence-corrected chi connectivity index (χ4v) is 3.97. The molecule has 0 spiro atoms. The van der Waals surface area contributed by atoms with E-state index in [4.69, 9.17) is 0 Å². The number of hydrogen-bond acceptors (Lipinski definition) is 5. The predicted molar refractivity (Wildman–Crippen MR) is 94.0 cm³/mol. The van der Waals surface area contributed by atoms with Crippen molar-refractivity contribution in [3.63, 3.8) is 0 Å². The van der Waals surface area contributed by atoms with Crippen LogP contribution in [-0.2, 0) is 11.1 Å². The van der Waals surface area contributed by atoms with Gasteiger partial charge in [-0.3, -0.25) is 4.79 Å². The summed E-state index contributed by atoms with van der Waals surface area (Å²) in [6.07, 6.45) is 2.03. The van der Waals surface area contributed by atoms with Crippen LogP contribution in [0.3, 0.4) is 0 Å². The van der Waals surface area contributed by atoms with Crippen LogP contribution in [0.1, 0.15) is 43.2 Å². The average Bonchev–Trinajstić information content (AvgIpc) is 3.15. The number of carboxylic acid groups (broad SMARTS) is 1. The zero-order chi connectivity index (χ0) is 18.9. The third-order valence-electron chi connectivity index (χ3n) is 5.31. The summed E-state index contributed by atoms with van der Waals surface area (Å²) < 4.78 is 16.6. The van der Waals surface area contributed by atoms with E-state index in [1.165, 1.54) is 6.20 Å². The van der Waals surface area contributed by atoms with Crippen LogP contribution in [0.5, 0.6) is 0 Å². The number of nitrogens with zero attached hydrogens (tertiary/aromatic N) is 2. The molecule has 0 radical (unpaired) electrons. The van der Waals surface area contributed by atoms with Crippen LogP contribution in [0.4, 0.5) is 4.39 Å². The Kier molecular flexibility index (Phi) is 3.51.